The molecule has 4 rings (SSSR count). The Bertz CT molecular complexity index is 878. The number of likely N-dealkylation sites (tertiary alicyclic amines) is 1. The minimum atomic E-state index is -0.240. The van der Waals surface area contributed by atoms with Crippen LogP contribution in [0.2, 0.25) is 0 Å². The van der Waals surface area contributed by atoms with Crippen molar-refractivity contribution in [2.45, 2.75) is 36.2 Å². The third-order valence-corrected chi connectivity index (χ3v) is 6.07. The molecule has 1 N–H and O–H groups in total. The third-order valence-electron chi connectivity index (χ3n) is 5.00. The smallest absolute Gasteiger partial charge is 0.330 e. The SMILES string of the molecule is CCOC(=O)C=CC1CCN(Cc2ccc3c(c2)Nc2nccnc2S3)CC1. The molecule has 6 nitrogen and oxygen atoms in total. The third kappa shape index (κ3) is 4.54. The lowest BCUT2D eigenvalue weighted by Gasteiger charge is -2.31. The molecular weight excluding hydrogens is 372 g/mol. The fraction of sp³-hybridized carbons (Fsp3) is 0.381. The number of ether oxygens (including phenoxy) is 1. The summed E-state index contributed by atoms with van der Waals surface area (Å²) in [4.78, 5) is 23.8. The number of hydrogen-bond acceptors (Lipinski definition) is 7. The van der Waals surface area contributed by atoms with E-state index in [1.165, 1.54) is 10.5 Å². The maximum Gasteiger partial charge on any atom is 0.330 e. The van der Waals surface area contributed by atoms with Gasteiger partial charge in [0.2, 0.25) is 0 Å². The monoisotopic (exact) mass is 396 g/mol. The summed E-state index contributed by atoms with van der Waals surface area (Å²) >= 11 is 1.65. The highest BCUT2D eigenvalue weighted by molar-refractivity contribution is 7.99. The summed E-state index contributed by atoms with van der Waals surface area (Å²) < 4.78 is 4.95. The van der Waals surface area contributed by atoms with Gasteiger partial charge < -0.3 is 10.1 Å². The van der Waals surface area contributed by atoms with E-state index in [1.807, 2.05) is 13.0 Å². The number of anilines is 2. The zero-order valence-corrected chi connectivity index (χ0v) is 16.7. The molecule has 0 saturated carbocycles. The molecule has 146 valence electrons. The number of carbonyl (C=O) groups excluding carboxylic acids is 1. The second-order valence-corrected chi connectivity index (χ2v) is 8.02. The molecule has 0 bridgehead atoms. The lowest BCUT2D eigenvalue weighted by molar-refractivity contribution is -0.137. The minimum absolute atomic E-state index is 0.240. The number of carbonyl (C=O) groups is 1. The number of fused-ring (bicyclic) bond motifs is 2. The van der Waals surface area contributed by atoms with Gasteiger partial charge in [-0.1, -0.05) is 23.9 Å². The van der Waals surface area contributed by atoms with Gasteiger partial charge in [0.05, 0.1) is 12.3 Å². The van der Waals surface area contributed by atoms with Crippen molar-refractivity contribution in [2.24, 2.45) is 5.92 Å². The van der Waals surface area contributed by atoms with Gasteiger partial charge in [0.1, 0.15) is 5.03 Å². The van der Waals surface area contributed by atoms with Crippen molar-refractivity contribution in [3.63, 3.8) is 0 Å². The van der Waals surface area contributed by atoms with Gasteiger partial charge in [0, 0.05) is 29.9 Å². The number of nitrogens with one attached hydrogen (secondary N) is 1. The number of benzene rings is 1. The van der Waals surface area contributed by atoms with Crippen LogP contribution in [-0.4, -0.2) is 40.5 Å². The molecule has 2 aliphatic rings. The van der Waals surface area contributed by atoms with Gasteiger partial charge in [-0.25, -0.2) is 14.8 Å². The van der Waals surface area contributed by atoms with Crippen molar-refractivity contribution in [2.75, 3.05) is 25.0 Å². The van der Waals surface area contributed by atoms with Gasteiger partial charge in [-0.05, 0) is 56.5 Å². The summed E-state index contributed by atoms with van der Waals surface area (Å²) in [6.07, 6.45) is 9.15. The van der Waals surface area contributed by atoms with Gasteiger partial charge in [-0.2, -0.15) is 0 Å². The molecule has 0 unspecified atom stereocenters. The van der Waals surface area contributed by atoms with Crippen molar-refractivity contribution >= 4 is 29.2 Å². The standard InChI is InChI=1S/C21H24N4O2S/c1-2-27-19(26)6-4-15-7-11-25(12-8-15)14-16-3-5-18-17(13-16)24-20-21(28-18)23-10-9-22-20/h3-6,9-10,13,15H,2,7-8,11-12,14H2,1H3,(H,22,24). The normalized spacial score (nSPS) is 17.0. The maximum absolute atomic E-state index is 11.5. The Kier molecular flexibility index (Phi) is 5.92. The summed E-state index contributed by atoms with van der Waals surface area (Å²) in [6.45, 7) is 5.25. The van der Waals surface area contributed by atoms with Crippen molar-refractivity contribution in [3.8, 4) is 0 Å². The number of allylic oxidation sites excluding steroid dienone is 1. The highest BCUT2D eigenvalue weighted by Crippen LogP contribution is 2.42. The van der Waals surface area contributed by atoms with Crippen LogP contribution in [-0.2, 0) is 16.1 Å². The average molecular weight is 397 g/mol. The molecule has 2 aromatic rings. The molecule has 1 aromatic carbocycles. The Labute approximate surface area is 169 Å². The molecule has 7 heteroatoms. The van der Waals surface area contributed by atoms with Crippen LogP contribution in [0.25, 0.3) is 0 Å². The van der Waals surface area contributed by atoms with Crippen LogP contribution in [0.1, 0.15) is 25.3 Å². The molecule has 0 atom stereocenters. The first-order valence-corrected chi connectivity index (χ1v) is 10.5. The Morgan fingerprint density at radius 1 is 1.32 bits per heavy atom. The molecule has 0 radical (unpaired) electrons. The van der Waals surface area contributed by atoms with Crippen LogP contribution in [0.4, 0.5) is 11.5 Å². The van der Waals surface area contributed by atoms with Crippen LogP contribution in [0.15, 0.2) is 52.7 Å². The van der Waals surface area contributed by atoms with Crippen molar-refractivity contribution < 1.29 is 9.53 Å². The van der Waals surface area contributed by atoms with Gasteiger partial charge in [-0.3, -0.25) is 4.90 Å². The van der Waals surface area contributed by atoms with Crippen LogP contribution < -0.4 is 5.32 Å². The minimum Gasteiger partial charge on any atom is -0.463 e. The van der Waals surface area contributed by atoms with E-state index in [4.69, 9.17) is 4.74 Å². The highest BCUT2D eigenvalue weighted by atomic mass is 32.2. The highest BCUT2D eigenvalue weighted by Gasteiger charge is 2.20. The molecular formula is C21H24N4O2S. The van der Waals surface area contributed by atoms with Crippen LogP contribution in [0.3, 0.4) is 0 Å². The van der Waals surface area contributed by atoms with E-state index in [-0.39, 0.29) is 5.97 Å². The van der Waals surface area contributed by atoms with Gasteiger partial charge in [-0.15, -0.1) is 0 Å². The predicted molar refractivity (Wildman–Crippen MR) is 110 cm³/mol. The lowest BCUT2D eigenvalue weighted by Crippen LogP contribution is -2.32. The molecule has 0 aliphatic carbocycles. The summed E-state index contributed by atoms with van der Waals surface area (Å²) in [5, 5.41) is 4.31. The predicted octanol–water partition coefficient (Wildman–Crippen LogP) is 4.02. The number of esters is 1. The van der Waals surface area contributed by atoms with Gasteiger partial charge in [0.25, 0.3) is 0 Å². The van der Waals surface area contributed by atoms with Crippen LogP contribution in [0, 0.1) is 5.92 Å². The number of hydrogen-bond donors (Lipinski definition) is 1. The number of aromatic nitrogens is 2. The molecule has 0 spiro atoms. The van der Waals surface area contributed by atoms with Gasteiger partial charge in [0.15, 0.2) is 5.82 Å². The summed E-state index contributed by atoms with van der Waals surface area (Å²) in [7, 11) is 0. The van der Waals surface area contributed by atoms with E-state index < -0.39 is 0 Å². The largest absolute Gasteiger partial charge is 0.463 e. The van der Waals surface area contributed by atoms with Crippen molar-refractivity contribution in [3.05, 3.63) is 48.3 Å². The van der Waals surface area contributed by atoms with Crippen LogP contribution >= 0.6 is 11.8 Å². The zero-order valence-electron chi connectivity index (χ0n) is 15.9. The van der Waals surface area contributed by atoms with Crippen molar-refractivity contribution in [1.82, 2.24) is 14.9 Å². The second-order valence-electron chi connectivity index (χ2n) is 6.99. The first-order chi connectivity index (χ1) is 13.7. The Morgan fingerprint density at radius 3 is 2.96 bits per heavy atom. The van der Waals surface area contributed by atoms with Crippen molar-refractivity contribution in [1.29, 1.82) is 0 Å². The first-order valence-electron chi connectivity index (χ1n) is 9.67. The Balaban J connectivity index is 1.32. The molecule has 1 fully saturated rings. The quantitative estimate of drug-likeness (QED) is 0.516. The summed E-state index contributed by atoms with van der Waals surface area (Å²) in [6, 6.07) is 6.57. The van der Waals surface area contributed by atoms with E-state index in [0.29, 0.717) is 12.5 Å². The maximum atomic E-state index is 11.5. The molecule has 3 heterocycles. The average Bonchev–Trinajstić information content (AvgIpc) is 2.72. The van der Waals surface area contributed by atoms with Gasteiger partial charge >= 0.3 is 5.97 Å². The van der Waals surface area contributed by atoms with E-state index in [1.54, 1.807) is 30.2 Å². The van der Waals surface area contributed by atoms with Crippen LogP contribution in [0.5, 0.6) is 0 Å². The Morgan fingerprint density at radius 2 is 2.14 bits per heavy atom. The Hall–Kier alpha value is -2.38. The molecule has 0 amide bonds. The van der Waals surface area contributed by atoms with E-state index >= 15 is 0 Å². The lowest BCUT2D eigenvalue weighted by atomic mass is 9.96. The van der Waals surface area contributed by atoms with E-state index in [2.05, 4.69) is 38.4 Å². The molecule has 1 aromatic heterocycles. The number of rotatable bonds is 5. The zero-order chi connectivity index (χ0) is 19.3. The fourth-order valence-electron chi connectivity index (χ4n) is 3.55. The summed E-state index contributed by atoms with van der Waals surface area (Å²) in [5.41, 5.74) is 2.39. The summed E-state index contributed by atoms with van der Waals surface area (Å²) in [5.74, 6) is 1.04. The molecule has 2 aliphatic heterocycles. The number of piperidine rings is 1. The van der Waals surface area contributed by atoms with E-state index in [0.717, 1.165) is 49.0 Å². The first kappa shape index (κ1) is 19.0. The van der Waals surface area contributed by atoms with E-state index in [9.17, 15) is 4.79 Å². The number of nitrogens with zero attached hydrogens (tertiary/aromatic N) is 3. The topological polar surface area (TPSA) is 67.3 Å². The molecule has 28 heavy (non-hydrogen) atoms. The molecule has 1 saturated heterocycles. The second kappa shape index (κ2) is 8.75. The fourth-order valence-corrected chi connectivity index (χ4v) is 4.42.